The zero-order valence-corrected chi connectivity index (χ0v) is 14.0. The van der Waals surface area contributed by atoms with Crippen LogP contribution < -0.4 is 10.5 Å². The molecule has 9 nitrogen and oxygen atoms in total. The minimum atomic E-state index is -3.81. The van der Waals surface area contributed by atoms with Gasteiger partial charge in [-0.2, -0.15) is 9.71 Å². The van der Waals surface area contributed by atoms with E-state index in [1.54, 1.807) is 20.8 Å². The van der Waals surface area contributed by atoms with Crippen LogP contribution in [0.1, 0.15) is 55.4 Å². The highest BCUT2D eigenvalue weighted by Gasteiger charge is 2.39. The van der Waals surface area contributed by atoms with Gasteiger partial charge in [0.1, 0.15) is 10.6 Å². The van der Waals surface area contributed by atoms with Gasteiger partial charge in [0.05, 0.1) is 11.6 Å². The van der Waals surface area contributed by atoms with Crippen molar-refractivity contribution in [3.05, 3.63) is 23.2 Å². The molecule has 0 amide bonds. The lowest BCUT2D eigenvalue weighted by molar-refractivity contribution is 0.228. The van der Waals surface area contributed by atoms with Gasteiger partial charge in [-0.25, -0.2) is 8.42 Å². The van der Waals surface area contributed by atoms with E-state index >= 15 is 0 Å². The quantitative estimate of drug-likeness (QED) is 0.823. The second-order valence-electron chi connectivity index (χ2n) is 5.96. The van der Waals surface area contributed by atoms with Crippen LogP contribution in [0, 0.1) is 13.8 Å². The Morgan fingerprint density at radius 2 is 1.96 bits per heavy atom. The predicted molar refractivity (Wildman–Crippen MR) is 78.7 cm³/mol. The smallest absolute Gasteiger partial charge is 0.246 e. The summed E-state index contributed by atoms with van der Waals surface area (Å²) in [5, 5.41) is 7.54. The van der Waals surface area contributed by atoms with Crippen molar-refractivity contribution in [2.75, 3.05) is 0 Å². The Morgan fingerprint density at radius 1 is 1.26 bits per heavy atom. The minimum absolute atomic E-state index is 0.0263. The molecule has 10 heteroatoms. The van der Waals surface area contributed by atoms with Crippen LogP contribution in [0.25, 0.3) is 0 Å². The molecular formula is C13H19N5O4S. The lowest BCUT2D eigenvalue weighted by Crippen LogP contribution is -2.44. The molecule has 1 atom stereocenters. The molecule has 3 N–H and O–H groups in total. The second-order valence-corrected chi connectivity index (χ2v) is 7.61. The number of nitrogens with two attached hydrogens (primary N) is 1. The first-order valence-corrected chi connectivity index (χ1v) is 8.79. The summed E-state index contributed by atoms with van der Waals surface area (Å²) >= 11 is 0. The van der Waals surface area contributed by atoms with Gasteiger partial charge < -0.3 is 14.8 Å². The normalized spacial score (nSPS) is 18.6. The van der Waals surface area contributed by atoms with Gasteiger partial charge in [-0.05, 0) is 40.0 Å². The topological polar surface area (TPSA) is 137 Å². The molecule has 1 aliphatic carbocycles. The molecule has 0 bridgehead atoms. The fourth-order valence-corrected chi connectivity index (χ4v) is 4.12. The summed E-state index contributed by atoms with van der Waals surface area (Å²) in [6.07, 6.45) is 2.62. The summed E-state index contributed by atoms with van der Waals surface area (Å²) in [4.78, 5) is 4.27. The lowest BCUT2D eigenvalue weighted by atomic mass is 9.77. The molecule has 1 fully saturated rings. The number of rotatable bonds is 5. The third kappa shape index (κ3) is 2.77. The molecule has 0 spiro atoms. The number of sulfonamides is 1. The number of nitrogens with zero attached hydrogens (tertiary/aromatic N) is 3. The first kappa shape index (κ1) is 16.1. The average Bonchev–Trinajstić information content (AvgIpc) is 3.03. The number of aryl methyl sites for hydroxylation is 2. The summed E-state index contributed by atoms with van der Waals surface area (Å²) in [5.41, 5.74) is 5.88. The van der Waals surface area contributed by atoms with Gasteiger partial charge >= 0.3 is 0 Å². The summed E-state index contributed by atoms with van der Waals surface area (Å²) in [7, 11) is -3.81. The molecule has 0 aromatic carbocycles. The Balaban J connectivity index is 1.80. The molecule has 1 aliphatic rings. The van der Waals surface area contributed by atoms with E-state index in [-0.39, 0.29) is 16.5 Å². The molecule has 1 saturated carbocycles. The van der Waals surface area contributed by atoms with Gasteiger partial charge in [0.2, 0.25) is 15.9 Å². The Bertz CT molecular complexity index is 802. The van der Waals surface area contributed by atoms with E-state index in [1.165, 1.54) is 0 Å². The summed E-state index contributed by atoms with van der Waals surface area (Å²) in [6, 6.07) is -0.696. The van der Waals surface area contributed by atoms with Crippen molar-refractivity contribution in [1.29, 1.82) is 0 Å². The van der Waals surface area contributed by atoms with Gasteiger partial charge in [0, 0.05) is 0 Å². The number of aromatic nitrogens is 3. The zero-order valence-electron chi connectivity index (χ0n) is 13.2. The highest BCUT2D eigenvalue weighted by atomic mass is 32.2. The molecule has 23 heavy (non-hydrogen) atoms. The Morgan fingerprint density at radius 3 is 2.48 bits per heavy atom. The van der Waals surface area contributed by atoms with Crippen molar-refractivity contribution in [2.24, 2.45) is 5.73 Å². The van der Waals surface area contributed by atoms with Gasteiger partial charge in [0.15, 0.2) is 11.6 Å². The van der Waals surface area contributed by atoms with Crippen LogP contribution in [0.4, 0.5) is 0 Å². The molecule has 126 valence electrons. The van der Waals surface area contributed by atoms with Gasteiger partial charge in [-0.15, -0.1) is 0 Å². The van der Waals surface area contributed by atoms with Crippen LogP contribution in [0.5, 0.6) is 0 Å². The lowest BCUT2D eigenvalue weighted by Gasteiger charge is -2.34. The molecule has 2 aromatic rings. The third-order valence-corrected chi connectivity index (χ3v) is 5.86. The maximum Gasteiger partial charge on any atom is 0.246 e. The first-order valence-electron chi connectivity index (χ1n) is 7.31. The van der Waals surface area contributed by atoms with Crippen molar-refractivity contribution >= 4 is 10.0 Å². The van der Waals surface area contributed by atoms with Crippen molar-refractivity contribution in [2.45, 2.75) is 56.5 Å². The van der Waals surface area contributed by atoms with Crippen LogP contribution in [0.15, 0.2) is 13.9 Å². The number of hydrogen-bond acceptors (Lipinski definition) is 8. The summed E-state index contributed by atoms with van der Waals surface area (Å²) < 4.78 is 37.5. The standard InChI is InChI=1S/C13H19N5O4S/c1-7-10(9(3)21-16-7)23(19,20)18-8(2)11-15-12(17-22-11)13(14)5-4-6-13/h8,18H,4-6,14H2,1-3H3. The molecule has 0 radical (unpaired) electrons. The van der Waals surface area contributed by atoms with E-state index in [4.69, 9.17) is 14.8 Å². The van der Waals surface area contributed by atoms with Gasteiger partial charge in [-0.1, -0.05) is 10.3 Å². The maximum atomic E-state index is 12.5. The van der Waals surface area contributed by atoms with Crippen molar-refractivity contribution in [1.82, 2.24) is 20.0 Å². The van der Waals surface area contributed by atoms with E-state index in [2.05, 4.69) is 20.0 Å². The van der Waals surface area contributed by atoms with E-state index < -0.39 is 21.6 Å². The van der Waals surface area contributed by atoms with Crippen LogP contribution in [0.2, 0.25) is 0 Å². The molecule has 0 aliphatic heterocycles. The van der Waals surface area contributed by atoms with Crippen molar-refractivity contribution in [3.63, 3.8) is 0 Å². The number of nitrogens with one attached hydrogen (secondary N) is 1. The zero-order chi connectivity index (χ0) is 16.8. The van der Waals surface area contributed by atoms with Crippen LogP contribution in [-0.4, -0.2) is 23.7 Å². The fourth-order valence-electron chi connectivity index (χ4n) is 2.59. The third-order valence-electron chi connectivity index (χ3n) is 4.07. The average molecular weight is 341 g/mol. The largest absolute Gasteiger partial charge is 0.360 e. The SMILES string of the molecule is Cc1noc(C)c1S(=O)(=O)NC(C)c1nc(C2(N)CCC2)no1. The van der Waals surface area contributed by atoms with Gasteiger partial charge in [-0.3, -0.25) is 0 Å². The van der Waals surface area contributed by atoms with E-state index in [9.17, 15) is 8.42 Å². The highest BCUT2D eigenvalue weighted by molar-refractivity contribution is 7.89. The van der Waals surface area contributed by atoms with Crippen LogP contribution >= 0.6 is 0 Å². The molecule has 1 unspecified atom stereocenters. The molecular weight excluding hydrogens is 322 g/mol. The fraction of sp³-hybridized carbons (Fsp3) is 0.615. The highest BCUT2D eigenvalue weighted by Crippen LogP contribution is 2.37. The van der Waals surface area contributed by atoms with Crippen LogP contribution in [0.3, 0.4) is 0 Å². The molecule has 3 rings (SSSR count). The Hall–Kier alpha value is -1.78. The first-order chi connectivity index (χ1) is 10.7. The second kappa shape index (κ2) is 5.39. The minimum Gasteiger partial charge on any atom is -0.360 e. The predicted octanol–water partition coefficient (Wildman–Crippen LogP) is 1.05. The Labute approximate surface area is 133 Å². The van der Waals surface area contributed by atoms with Crippen molar-refractivity contribution in [3.8, 4) is 0 Å². The van der Waals surface area contributed by atoms with Crippen LogP contribution in [-0.2, 0) is 15.6 Å². The molecule has 2 heterocycles. The van der Waals surface area contributed by atoms with Crippen molar-refractivity contribution < 1.29 is 17.5 Å². The van der Waals surface area contributed by atoms with Gasteiger partial charge in [0.25, 0.3) is 0 Å². The summed E-state index contributed by atoms with van der Waals surface area (Å²) in [6.45, 7) is 4.73. The monoisotopic (exact) mass is 341 g/mol. The van der Waals surface area contributed by atoms with E-state index in [0.29, 0.717) is 11.5 Å². The van der Waals surface area contributed by atoms with E-state index in [0.717, 1.165) is 19.3 Å². The Kier molecular flexibility index (Phi) is 3.77. The van der Waals surface area contributed by atoms with E-state index in [1.807, 2.05) is 0 Å². The number of hydrogen-bond donors (Lipinski definition) is 2. The summed E-state index contributed by atoms with van der Waals surface area (Å²) in [5.74, 6) is 0.818. The molecule has 0 saturated heterocycles. The molecule has 2 aromatic heterocycles. The maximum absolute atomic E-state index is 12.5.